The highest BCUT2D eigenvalue weighted by atomic mass is 16.5. The molecule has 0 radical (unpaired) electrons. The highest BCUT2D eigenvalue weighted by Crippen LogP contribution is 2.13. The summed E-state index contributed by atoms with van der Waals surface area (Å²) in [7, 11) is 2.66. The lowest BCUT2D eigenvalue weighted by molar-refractivity contribution is -0.133. The first-order chi connectivity index (χ1) is 7.17. The Hall–Kier alpha value is -2.29. The Labute approximate surface area is 86.4 Å². The summed E-state index contributed by atoms with van der Waals surface area (Å²) >= 11 is 0. The third kappa shape index (κ3) is 2.84. The number of carbonyl (C=O) groups is 1. The van der Waals surface area contributed by atoms with E-state index in [0.717, 1.165) is 0 Å². The monoisotopic (exact) mass is 207 g/mol. The molecule has 0 atom stereocenters. The van der Waals surface area contributed by atoms with Gasteiger partial charge in [-0.05, 0) is 5.92 Å². The Bertz CT molecular complexity index is 434. The van der Waals surface area contributed by atoms with Crippen LogP contribution in [0.2, 0.25) is 0 Å². The number of hydrogen-bond acceptors (Lipinski definition) is 6. The largest absolute Gasteiger partial charge is 0.478 e. The van der Waals surface area contributed by atoms with Gasteiger partial charge in [-0.3, -0.25) is 0 Å². The SMILES string of the molecule is COC(=O)C#Cc1cnc(N)c(OC)n1. The quantitative estimate of drug-likeness (QED) is 0.497. The maximum Gasteiger partial charge on any atom is 0.384 e. The zero-order valence-electron chi connectivity index (χ0n) is 8.27. The zero-order valence-corrected chi connectivity index (χ0v) is 8.27. The van der Waals surface area contributed by atoms with Crippen molar-refractivity contribution in [3.05, 3.63) is 11.9 Å². The van der Waals surface area contributed by atoms with Gasteiger partial charge in [-0.1, -0.05) is 0 Å². The van der Waals surface area contributed by atoms with Gasteiger partial charge >= 0.3 is 5.97 Å². The van der Waals surface area contributed by atoms with Gasteiger partial charge in [-0.2, -0.15) is 4.98 Å². The van der Waals surface area contributed by atoms with E-state index < -0.39 is 5.97 Å². The molecule has 78 valence electrons. The molecule has 6 heteroatoms. The maximum atomic E-state index is 10.7. The summed E-state index contributed by atoms with van der Waals surface area (Å²) in [6.07, 6.45) is 1.34. The van der Waals surface area contributed by atoms with Crippen molar-refractivity contribution >= 4 is 11.8 Å². The Balaban J connectivity index is 2.95. The number of ether oxygens (including phenoxy) is 2. The third-order valence-corrected chi connectivity index (χ3v) is 1.44. The molecule has 1 rings (SSSR count). The van der Waals surface area contributed by atoms with Crippen molar-refractivity contribution in [1.82, 2.24) is 9.97 Å². The number of aromatic nitrogens is 2. The Morgan fingerprint density at radius 2 is 2.27 bits per heavy atom. The molecule has 0 unspecified atom stereocenters. The van der Waals surface area contributed by atoms with Gasteiger partial charge in [0.25, 0.3) is 5.88 Å². The fourth-order valence-electron chi connectivity index (χ4n) is 0.758. The summed E-state index contributed by atoms with van der Waals surface area (Å²) in [5.41, 5.74) is 5.73. The third-order valence-electron chi connectivity index (χ3n) is 1.44. The Morgan fingerprint density at radius 1 is 1.53 bits per heavy atom. The number of carbonyl (C=O) groups excluding carboxylic acids is 1. The highest BCUT2D eigenvalue weighted by Gasteiger charge is 2.02. The first-order valence-corrected chi connectivity index (χ1v) is 3.94. The van der Waals surface area contributed by atoms with Crippen molar-refractivity contribution in [2.75, 3.05) is 20.0 Å². The van der Waals surface area contributed by atoms with E-state index in [9.17, 15) is 4.79 Å². The molecule has 1 heterocycles. The number of nitrogen functional groups attached to an aromatic ring is 1. The topological polar surface area (TPSA) is 87.3 Å². The lowest BCUT2D eigenvalue weighted by Crippen LogP contribution is -2.00. The lowest BCUT2D eigenvalue weighted by atomic mass is 10.4. The summed E-state index contributed by atoms with van der Waals surface area (Å²) in [6, 6.07) is 0. The first kappa shape index (κ1) is 10.8. The number of nitrogens with zero attached hydrogens (tertiary/aromatic N) is 2. The van der Waals surface area contributed by atoms with Crippen molar-refractivity contribution in [3.63, 3.8) is 0 Å². The first-order valence-electron chi connectivity index (χ1n) is 3.94. The van der Waals surface area contributed by atoms with E-state index in [1.165, 1.54) is 20.4 Å². The second kappa shape index (κ2) is 4.81. The van der Waals surface area contributed by atoms with Crippen molar-refractivity contribution in [2.45, 2.75) is 0 Å². The van der Waals surface area contributed by atoms with E-state index in [4.69, 9.17) is 10.5 Å². The lowest BCUT2D eigenvalue weighted by Gasteiger charge is -2.00. The minimum absolute atomic E-state index is 0.168. The van der Waals surface area contributed by atoms with E-state index in [0.29, 0.717) is 0 Å². The van der Waals surface area contributed by atoms with Gasteiger partial charge in [-0.25, -0.2) is 9.78 Å². The van der Waals surface area contributed by atoms with Gasteiger partial charge in [0.2, 0.25) is 0 Å². The van der Waals surface area contributed by atoms with E-state index in [1.54, 1.807) is 0 Å². The molecule has 15 heavy (non-hydrogen) atoms. The molecule has 0 saturated carbocycles. The van der Waals surface area contributed by atoms with Gasteiger partial charge in [0, 0.05) is 5.92 Å². The van der Waals surface area contributed by atoms with Crippen LogP contribution in [-0.2, 0) is 9.53 Å². The number of hydrogen-bond donors (Lipinski definition) is 1. The number of rotatable bonds is 1. The molecule has 0 spiro atoms. The molecule has 0 aliphatic rings. The van der Waals surface area contributed by atoms with Crippen molar-refractivity contribution < 1.29 is 14.3 Å². The van der Waals surface area contributed by atoms with Crippen molar-refractivity contribution in [2.24, 2.45) is 0 Å². The van der Waals surface area contributed by atoms with Crippen LogP contribution in [0.4, 0.5) is 5.82 Å². The minimum Gasteiger partial charge on any atom is -0.478 e. The number of methoxy groups -OCH3 is 2. The molecular formula is C9H9N3O3. The van der Waals surface area contributed by atoms with Crippen LogP contribution in [0.1, 0.15) is 5.69 Å². The standard InChI is InChI=1S/C9H9N3O3/c1-14-7(13)4-3-6-5-11-8(10)9(12-6)15-2/h5H,1-2H3,(H2,10,11). The predicted octanol–water partition coefficient (Wildman–Crippen LogP) is -0.408. The van der Waals surface area contributed by atoms with E-state index in [2.05, 4.69) is 26.5 Å². The zero-order chi connectivity index (χ0) is 11.3. The van der Waals surface area contributed by atoms with Gasteiger partial charge in [-0.15, -0.1) is 0 Å². The molecular weight excluding hydrogens is 198 g/mol. The van der Waals surface area contributed by atoms with Gasteiger partial charge in [0.05, 0.1) is 20.4 Å². The van der Waals surface area contributed by atoms with Crippen molar-refractivity contribution in [1.29, 1.82) is 0 Å². The molecule has 2 N–H and O–H groups in total. The summed E-state index contributed by atoms with van der Waals surface area (Å²) in [4.78, 5) is 18.4. The van der Waals surface area contributed by atoms with Crippen LogP contribution in [0, 0.1) is 11.8 Å². The minimum atomic E-state index is -0.646. The molecule has 0 fully saturated rings. The fourth-order valence-corrected chi connectivity index (χ4v) is 0.758. The van der Waals surface area contributed by atoms with E-state index in [-0.39, 0.29) is 17.4 Å². The fraction of sp³-hybridized carbons (Fsp3) is 0.222. The summed E-state index contributed by atoms with van der Waals surface area (Å²) in [5.74, 6) is 4.37. The molecule has 0 saturated heterocycles. The van der Waals surface area contributed by atoms with Gasteiger partial charge in [0.1, 0.15) is 5.69 Å². The predicted molar refractivity (Wildman–Crippen MR) is 51.9 cm³/mol. The van der Waals surface area contributed by atoms with Crippen LogP contribution in [-0.4, -0.2) is 30.2 Å². The molecule has 0 aliphatic heterocycles. The highest BCUT2D eigenvalue weighted by molar-refractivity contribution is 5.88. The molecule has 0 aromatic carbocycles. The molecule has 1 aromatic heterocycles. The number of nitrogens with two attached hydrogens (primary N) is 1. The van der Waals surface area contributed by atoms with Crippen LogP contribution in [0.25, 0.3) is 0 Å². The second-order valence-corrected chi connectivity index (χ2v) is 2.39. The average Bonchev–Trinajstić information content (AvgIpc) is 2.27. The molecule has 0 aliphatic carbocycles. The normalized spacial score (nSPS) is 8.67. The van der Waals surface area contributed by atoms with E-state index >= 15 is 0 Å². The maximum absolute atomic E-state index is 10.7. The van der Waals surface area contributed by atoms with Crippen LogP contribution < -0.4 is 10.5 Å². The number of esters is 1. The van der Waals surface area contributed by atoms with Crippen molar-refractivity contribution in [3.8, 4) is 17.7 Å². The summed E-state index contributed by atoms with van der Waals surface area (Å²) in [6.45, 7) is 0. The van der Waals surface area contributed by atoms with Gasteiger partial charge in [0.15, 0.2) is 5.82 Å². The van der Waals surface area contributed by atoms with Crippen LogP contribution in [0.15, 0.2) is 6.20 Å². The van der Waals surface area contributed by atoms with Crippen LogP contribution in [0.5, 0.6) is 5.88 Å². The number of anilines is 1. The van der Waals surface area contributed by atoms with Crippen LogP contribution in [0.3, 0.4) is 0 Å². The molecule has 0 amide bonds. The van der Waals surface area contributed by atoms with Crippen LogP contribution >= 0.6 is 0 Å². The molecule has 1 aromatic rings. The van der Waals surface area contributed by atoms with E-state index in [1.807, 2.05) is 0 Å². The Kier molecular flexibility index (Phi) is 3.46. The molecule has 6 nitrogen and oxygen atoms in total. The average molecular weight is 207 g/mol. The Morgan fingerprint density at radius 3 is 2.87 bits per heavy atom. The smallest absolute Gasteiger partial charge is 0.384 e. The molecule has 0 bridgehead atoms. The van der Waals surface area contributed by atoms with Gasteiger partial charge < -0.3 is 15.2 Å². The summed E-state index contributed by atoms with van der Waals surface area (Å²) in [5, 5.41) is 0. The summed E-state index contributed by atoms with van der Waals surface area (Å²) < 4.78 is 9.17. The second-order valence-electron chi connectivity index (χ2n) is 2.39.